The molecule has 2 N–H and O–H groups in total. The quantitative estimate of drug-likeness (QED) is 0.428. The maximum atomic E-state index is 13.1. The van der Waals surface area contributed by atoms with Gasteiger partial charge in [0.15, 0.2) is 0 Å². The van der Waals surface area contributed by atoms with Crippen molar-refractivity contribution in [2.75, 3.05) is 19.0 Å². The van der Waals surface area contributed by atoms with Crippen LogP contribution in [0.3, 0.4) is 0 Å². The summed E-state index contributed by atoms with van der Waals surface area (Å²) in [5.41, 5.74) is 4.19. The largest absolute Gasteiger partial charge is 0.495 e. The molecule has 1 amide bonds. The molecule has 160 valence electrons. The minimum atomic E-state index is -0.357. The SMILES string of the molecule is COc1c(Br)cc(Br)cc1[C@@H]1NC(=O)c2c(sc3c2CCN(Cc2ccccc2)C3)N1. The lowest BCUT2D eigenvalue weighted by Gasteiger charge is -2.29. The van der Waals surface area contributed by atoms with Crippen LogP contribution in [0.2, 0.25) is 0 Å². The van der Waals surface area contributed by atoms with Gasteiger partial charge in [0.25, 0.3) is 5.91 Å². The van der Waals surface area contributed by atoms with Crippen molar-refractivity contribution in [3.63, 3.8) is 0 Å². The molecule has 0 saturated heterocycles. The summed E-state index contributed by atoms with van der Waals surface area (Å²) >= 11 is 8.79. The molecule has 2 aliphatic rings. The number of hydrogen-bond donors (Lipinski definition) is 2. The van der Waals surface area contributed by atoms with Gasteiger partial charge < -0.3 is 15.4 Å². The molecule has 5 nitrogen and oxygen atoms in total. The number of nitrogens with one attached hydrogen (secondary N) is 2. The lowest BCUT2D eigenvalue weighted by atomic mass is 10.00. The van der Waals surface area contributed by atoms with Gasteiger partial charge in [-0.2, -0.15) is 0 Å². The van der Waals surface area contributed by atoms with Crippen molar-refractivity contribution in [1.82, 2.24) is 10.2 Å². The van der Waals surface area contributed by atoms with Gasteiger partial charge in [-0.05, 0) is 45.6 Å². The Balaban J connectivity index is 1.42. The van der Waals surface area contributed by atoms with Crippen LogP contribution in [0.5, 0.6) is 5.75 Å². The summed E-state index contributed by atoms with van der Waals surface area (Å²) < 4.78 is 7.35. The third-order valence-electron chi connectivity index (χ3n) is 5.72. The topological polar surface area (TPSA) is 53.6 Å². The van der Waals surface area contributed by atoms with Gasteiger partial charge in [-0.25, -0.2) is 0 Å². The molecule has 3 heterocycles. The Morgan fingerprint density at radius 1 is 1.19 bits per heavy atom. The smallest absolute Gasteiger partial charge is 0.256 e. The van der Waals surface area contributed by atoms with Crippen LogP contribution in [0, 0.1) is 0 Å². The molecule has 1 aromatic heterocycles. The highest BCUT2D eigenvalue weighted by molar-refractivity contribution is 9.11. The van der Waals surface area contributed by atoms with Gasteiger partial charge in [-0.3, -0.25) is 9.69 Å². The van der Waals surface area contributed by atoms with Crippen molar-refractivity contribution in [3.05, 3.63) is 78.5 Å². The van der Waals surface area contributed by atoms with Gasteiger partial charge in [0, 0.05) is 34.5 Å². The van der Waals surface area contributed by atoms with Crippen molar-refractivity contribution in [3.8, 4) is 5.75 Å². The Hall–Kier alpha value is -1.87. The predicted octanol–water partition coefficient (Wildman–Crippen LogP) is 5.69. The Morgan fingerprint density at radius 2 is 2.00 bits per heavy atom. The van der Waals surface area contributed by atoms with E-state index in [-0.39, 0.29) is 12.1 Å². The second kappa shape index (κ2) is 8.58. The lowest BCUT2D eigenvalue weighted by Crippen LogP contribution is -2.39. The van der Waals surface area contributed by atoms with E-state index >= 15 is 0 Å². The highest BCUT2D eigenvalue weighted by Gasteiger charge is 2.34. The van der Waals surface area contributed by atoms with E-state index in [1.165, 1.54) is 16.0 Å². The minimum Gasteiger partial charge on any atom is -0.495 e. The van der Waals surface area contributed by atoms with Gasteiger partial charge in [-0.1, -0.05) is 46.3 Å². The summed E-state index contributed by atoms with van der Waals surface area (Å²) in [6.07, 6.45) is 0.531. The first kappa shape index (κ1) is 21.0. The Labute approximate surface area is 202 Å². The molecule has 0 saturated carbocycles. The number of benzene rings is 2. The van der Waals surface area contributed by atoms with E-state index in [1.807, 2.05) is 18.2 Å². The molecule has 0 unspecified atom stereocenters. The van der Waals surface area contributed by atoms with Crippen LogP contribution in [0.1, 0.15) is 38.1 Å². The molecule has 0 bridgehead atoms. The van der Waals surface area contributed by atoms with E-state index in [9.17, 15) is 4.79 Å². The zero-order valence-electron chi connectivity index (χ0n) is 16.9. The number of halogens is 2. The molecule has 3 aromatic rings. The van der Waals surface area contributed by atoms with Crippen LogP contribution < -0.4 is 15.4 Å². The molecule has 0 radical (unpaired) electrons. The summed E-state index contributed by atoms with van der Waals surface area (Å²) in [5.74, 6) is 0.686. The third-order valence-corrected chi connectivity index (χ3v) is 7.91. The maximum absolute atomic E-state index is 13.1. The fourth-order valence-electron chi connectivity index (χ4n) is 4.31. The molecule has 0 fully saturated rings. The average Bonchev–Trinajstić information content (AvgIpc) is 3.12. The Bertz CT molecular complexity index is 1150. The molecule has 31 heavy (non-hydrogen) atoms. The normalized spacial score (nSPS) is 18.0. The van der Waals surface area contributed by atoms with Gasteiger partial charge in [0.2, 0.25) is 0 Å². The summed E-state index contributed by atoms with van der Waals surface area (Å²) in [4.78, 5) is 16.8. The van der Waals surface area contributed by atoms with Crippen LogP contribution in [0.15, 0.2) is 51.4 Å². The first-order valence-corrected chi connectivity index (χ1v) is 12.4. The molecular formula is C23H21Br2N3O2S. The van der Waals surface area contributed by atoms with Crippen LogP contribution in [-0.4, -0.2) is 24.5 Å². The highest BCUT2D eigenvalue weighted by Crippen LogP contribution is 2.43. The molecular weight excluding hydrogens is 542 g/mol. The van der Waals surface area contributed by atoms with Gasteiger partial charge >= 0.3 is 0 Å². The number of hydrogen-bond acceptors (Lipinski definition) is 5. The highest BCUT2D eigenvalue weighted by atomic mass is 79.9. The standard InChI is InChI=1S/C23H21Br2N3O2S/c1-30-20-16(9-14(24)10-17(20)25)21-26-22(29)19-15-7-8-28(11-13-5-3-2-4-6-13)12-18(15)31-23(19)27-21/h2-6,9-10,21,27H,7-8,11-12H2,1H3,(H,26,29)/t21-/m1/s1. The van der Waals surface area contributed by atoms with Crippen molar-refractivity contribution in [1.29, 1.82) is 0 Å². The molecule has 0 aliphatic carbocycles. The Kier molecular flexibility index (Phi) is 5.81. The summed E-state index contributed by atoms with van der Waals surface area (Å²) in [6, 6.07) is 14.4. The van der Waals surface area contributed by atoms with Crippen molar-refractivity contribution < 1.29 is 9.53 Å². The first-order valence-electron chi connectivity index (χ1n) is 10.0. The van der Waals surface area contributed by atoms with Gasteiger partial charge in [0.05, 0.1) is 17.1 Å². The fraction of sp³-hybridized carbons (Fsp3) is 0.261. The number of carbonyl (C=O) groups is 1. The number of methoxy groups -OCH3 is 1. The number of amides is 1. The van der Waals surface area contributed by atoms with E-state index in [0.717, 1.165) is 51.1 Å². The third kappa shape index (κ3) is 4.02. The molecule has 2 aromatic carbocycles. The lowest BCUT2D eigenvalue weighted by molar-refractivity contribution is 0.0934. The van der Waals surface area contributed by atoms with Gasteiger partial charge in [0.1, 0.15) is 16.9 Å². The summed E-state index contributed by atoms with van der Waals surface area (Å²) in [6.45, 7) is 2.75. The maximum Gasteiger partial charge on any atom is 0.256 e. The number of ether oxygens (including phenoxy) is 1. The number of carbonyl (C=O) groups excluding carboxylic acids is 1. The summed E-state index contributed by atoms with van der Waals surface area (Å²) in [5, 5.41) is 7.61. The Morgan fingerprint density at radius 3 is 2.77 bits per heavy atom. The van der Waals surface area contributed by atoms with Crippen molar-refractivity contribution >= 4 is 54.1 Å². The minimum absolute atomic E-state index is 0.0223. The van der Waals surface area contributed by atoms with E-state index in [2.05, 4.69) is 71.7 Å². The second-order valence-corrected chi connectivity index (χ2v) is 10.6. The molecule has 1 atom stereocenters. The molecule has 0 spiro atoms. The average molecular weight is 563 g/mol. The molecule has 8 heteroatoms. The van der Waals surface area contributed by atoms with E-state index in [4.69, 9.17) is 4.74 Å². The zero-order chi connectivity index (χ0) is 21.5. The number of anilines is 1. The van der Waals surface area contributed by atoms with Gasteiger partial charge in [-0.15, -0.1) is 11.3 Å². The number of fused-ring (bicyclic) bond motifs is 3. The van der Waals surface area contributed by atoms with Crippen LogP contribution in [-0.2, 0) is 19.5 Å². The monoisotopic (exact) mass is 561 g/mol. The molecule has 5 rings (SSSR count). The number of thiophene rings is 1. The fourth-order valence-corrected chi connectivity index (χ4v) is 7.05. The number of nitrogens with zero attached hydrogens (tertiary/aromatic N) is 1. The summed E-state index contributed by atoms with van der Waals surface area (Å²) in [7, 11) is 1.64. The van der Waals surface area contributed by atoms with E-state index in [1.54, 1.807) is 18.4 Å². The van der Waals surface area contributed by atoms with E-state index < -0.39 is 0 Å². The number of rotatable bonds is 4. The van der Waals surface area contributed by atoms with Crippen LogP contribution >= 0.6 is 43.2 Å². The zero-order valence-corrected chi connectivity index (χ0v) is 20.9. The van der Waals surface area contributed by atoms with Crippen molar-refractivity contribution in [2.45, 2.75) is 25.7 Å². The first-order chi connectivity index (χ1) is 15.0. The van der Waals surface area contributed by atoms with Crippen LogP contribution in [0.4, 0.5) is 5.00 Å². The predicted molar refractivity (Wildman–Crippen MR) is 131 cm³/mol. The van der Waals surface area contributed by atoms with Crippen LogP contribution in [0.25, 0.3) is 0 Å². The van der Waals surface area contributed by atoms with E-state index in [0.29, 0.717) is 5.75 Å². The van der Waals surface area contributed by atoms with Crippen molar-refractivity contribution in [2.24, 2.45) is 0 Å². The second-order valence-electron chi connectivity index (χ2n) is 7.72. The molecule has 2 aliphatic heterocycles.